The quantitative estimate of drug-likeness (QED) is 0.513. The van der Waals surface area contributed by atoms with Gasteiger partial charge >= 0.3 is 0 Å². The Balaban J connectivity index is 2.05. The van der Waals surface area contributed by atoms with E-state index in [1.807, 2.05) is 0 Å². The van der Waals surface area contributed by atoms with E-state index in [2.05, 4.69) is 26.1 Å². The molecule has 1 atom stereocenters. The fourth-order valence-corrected chi connectivity index (χ4v) is 2.63. The number of hydrogen-bond acceptors (Lipinski definition) is 1. The van der Waals surface area contributed by atoms with E-state index in [0.717, 1.165) is 17.9 Å². The molecule has 1 N–H and O–H groups in total. The zero-order chi connectivity index (χ0) is 12.5. The zero-order valence-electron chi connectivity index (χ0n) is 12.3. The normalized spacial score (nSPS) is 17.6. The van der Waals surface area contributed by atoms with Crippen molar-refractivity contribution >= 4 is 0 Å². The first-order valence-electron chi connectivity index (χ1n) is 7.95. The van der Waals surface area contributed by atoms with Crippen molar-refractivity contribution in [3.8, 4) is 0 Å². The summed E-state index contributed by atoms with van der Waals surface area (Å²) >= 11 is 0. The Kier molecular flexibility index (Phi) is 7.92. The highest BCUT2D eigenvalue weighted by Crippen LogP contribution is 2.22. The lowest BCUT2D eigenvalue weighted by Crippen LogP contribution is -2.25. The van der Waals surface area contributed by atoms with Crippen LogP contribution in [-0.2, 0) is 0 Å². The van der Waals surface area contributed by atoms with Crippen LogP contribution in [0.15, 0.2) is 0 Å². The predicted molar refractivity (Wildman–Crippen MR) is 77.3 cm³/mol. The van der Waals surface area contributed by atoms with Crippen LogP contribution in [0.25, 0.3) is 0 Å². The Morgan fingerprint density at radius 3 is 2.35 bits per heavy atom. The first-order chi connectivity index (χ1) is 8.22. The van der Waals surface area contributed by atoms with E-state index in [9.17, 15) is 0 Å². The van der Waals surface area contributed by atoms with Gasteiger partial charge in [0.05, 0.1) is 0 Å². The van der Waals surface area contributed by atoms with Gasteiger partial charge in [0.2, 0.25) is 0 Å². The summed E-state index contributed by atoms with van der Waals surface area (Å²) in [5, 5.41) is 3.71. The van der Waals surface area contributed by atoms with Crippen LogP contribution in [0.5, 0.6) is 0 Å². The molecule has 0 aromatic rings. The van der Waals surface area contributed by atoms with Crippen LogP contribution in [0.1, 0.15) is 78.6 Å². The number of rotatable bonds is 11. The van der Waals surface area contributed by atoms with Crippen molar-refractivity contribution in [2.75, 3.05) is 6.54 Å². The van der Waals surface area contributed by atoms with Crippen LogP contribution < -0.4 is 5.32 Å². The molecule has 0 spiro atoms. The molecule has 1 nitrogen and oxygen atoms in total. The summed E-state index contributed by atoms with van der Waals surface area (Å²) in [4.78, 5) is 0. The second kappa shape index (κ2) is 8.97. The summed E-state index contributed by atoms with van der Waals surface area (Å²) in [6.07, 6.45) is 12.8. The smallest absolute Gasteiger partial charge is 0.00683 e. The minimum absolute atomic E-state index is 0.858. The SMILES string of the molecule is CCCCCCCC(CNC1CC1)CC(C)C. The lowest BCUT2D eigenvalue weighted by Gasteiger charge is -2.19. The summed E-state index contributed by atoms with van der Waals surface area (Å²) in [5.74, 6) is 1.79. The average Bonchev–Trinajstić information content (AvgIpc) is 3.08. The van der Waals surface area contributed by atoms with Gasteiger partial charge in [0.15, 0.2) is 0 Å². The topological polar surface area (TPSA) is 12.0 Å². The van der Waals surface area contributed by atoms with E-state index < -0.39 is 0 Å². The first kappa shape index (κ1) is 15.0. The molecule has 0 radical (unpaired) electrons. The molecule has 0 saturated heterocycles. The van der Waals surface area contributed by atoms with Gasteiger partial charge in [0.25, 0.3) is 0 Å². The largest absolute Gasteiger partial charge is 0.314 e. The van der Waals surface area contributed by atoms with Gasteiger partial charge in [-0.2, -0.15) is 0 Å². The Bertz CT molecular complexity index is 172. The molecule has 1 heteroatoms. The van der Waals surface area contributed by atoms with Gasteiger partial charge in [-0.25, -0.2) is 0 Å². The maximum absolute atomic E-state index is 3.71. The third-order valence-electron chi connectivity index (χ3n) is 3.79. The molecule has 0 bridgehead atoms. The Labute approximate surface area is 109 Å². The van der Waals surface area contributed by atoms with Gasteiger partial charge in [0, 0.05) is 6.04 Å². The molecule has 0 amide bonds. The maximum Gasteiger partial charge on any atom is 0.00683 e. The molecular formula is C16H33N. The van der Waals surface area contributed by atoms with E-state index >= 15 is 0 Å². The summed E-state index contributed by atoms with van der Waals surface area (Å²) in [6.45, 7) is 8.29. The highest BCUT2D eigenvalue weighted by Gasteiger charge is 2.21. The molecule has 0 aromatic carbocycles. The molecule has 1 saturated carbocycles. The molecule has 17 heavy (non-hydrogen) atoms. The van der Waals surface area contributed by atoms with Crippen LogP contribution in [-0.4, -0.2) is 12.6 Å². The standard InChI is InChI=1S/C16H33N/c1-4-5-6-7-8-9-15(12-14(2)3)13-17-16-10-11-16/h14-17H,4-13H2,1-3H3. The fourth-order valence-electron chi connectivity index (χ4n) is 2.63. The van der Waals surface area contributed by atoms with E-state index in [1.54, 1.807) is 0 Å². The first-order valence-corrected chi connectivity index (χ1v) is 7.95. The molecule has 0 aromatic heterocycles. The van der Waals surface area contributed by atoms with Gasteiger partial charge < -0.3 is 5.32 Å². The minimum Gasteiger partial charge on any atom is -0.314 e. The van der Waals surface area contributed by atoms with Gasteiger partial charge in [-0.1, -0.05) is 52.9 Å². The minimum atomic E-state index is 0.858. The summed E-state index contributed by atoms with van der Waals surface area (Å²) < 4.78 is 0. The van der Waals surface area contributed by atoms with Crippen molar-refractivity contribution in [3.05, 3.63) is 0 Å². The molecule has 0 heterocycles. The Morgan fingerprint density at radius 1 is 1.06 bits per heavy atom. The number of nitrogens with one attached hydrogen (secondary N) is 1. The molecule has 1 aliphatic carbocycles. The lowest BCUT2D eigenvalue weighted by molar-refractivity contribution is 0.353. The van der Waals surface area contributed by atoms with Crippen LogP contribution in [0.4, 0.5) is 0 Å². The van der Waals surface area contributed by atoms with Gasteiger partial charge in [-0.15, -0.1) is 0 Å². The molecule has 102 valence electrons. The molecule has 0 aliphatic heterocycles. The van der Waals surface area contributed by atoms with E-state index in [4.69, 9.17) is 0 Å². The summed E-state index contributed by atoms with van der Waals surface area (Å²) in [6, 6.07) is 0.879. The molecule has 1 fully saturated rings. The molecule has 1 rings (SSSR count). The van der Waals surface area contributed by atoms with Crippen molar-refractivity contribution in [2.24, 2.45) is 11.8 Å². The van der Waals surface area contributed by atoms with Crippen molar-refractivity contribution in [3.63, 3.8) is 0 Å². The van der Waals surface area contributed by atoms with Crippen LogP contribution in [0.3, 0.4) is 0 Å². The van der Waals surface area contributed by atoms with Gasteiger partial charge in [-0.3, -0.25) is 0 Å². The van der Waals surface area contributed by atoms with Gasteiger partial charge in [0.1, 0.15) is 0 Å². The van der Waals surface area contributed by atoms with Crippen molar-refractivity contribution in [1.82, 2.24) is 5.32 Å². The third kappa shape index (κ3) is 8.65. The maximum atomic E-state index is 3.71. The van der Waals surface area contributed by atoms with E-state index in [-0.39, 0.29) is 0 Å². The molecule has 1 unspecified atom stereocenters. The average molecular weight is 239 g/mol. The third-order valence-corrected chi connectivity index (χ3v) is 3.79. The number of unbranched alkanes of at least 4 members (excludes halogenated alkanes) is 4. The number of hydrogen-bond donors (Lipinski definition) is 1. The van der Waals surface area contributed by atoms with Gasteiger partial charge in [-0.05, 0) is 44.1 Å². The van der Waals surface area contributed by atoms with E-state index in [1.165, 1.54) is 64.3 Å². The van der Waals surface area contributed by atoms with Crippen molar-refractivity contribution in [1.29, 1.82) is 0 Å². The monoisotopic (exact) mass is 239 g/mol. The second-order valence-corrected chi connectivity index (χ2v) is 6.38. The zero-order valence-corrected chi connectivity index (χ0v) is 12.3. The highest BCUT2D eigenvalue weighted by molar-refractivity contribution is 4.82. The molecular weight excluding hydrogens is 206 g/mol. The predicted octanol–water partition coefficient (Wildman–Crippen LogP) is 4.76. The van der Waals surface area contributed by atoms with Crippen molar-refractivity contribution < 1.29 is 0 Å². The Morgan fingerprint density at radius 2 is 1.76 bits per heavy atom. The highest BCUT2D eigenvalue weighted by atomic mass is 14.9. The fraction of sp³-hybridized carbons (Fsp3) is 1.00. The lowest BCUT2D eigenvalue weighted by atomic mass is 9.91. The van der Waals surface area contributed by atoms with Crippen LogP contribution >= 0.6 is 0 Å². The molecule has 1 aliphatic rings. The van der Waals surface area contributed by atoms with Crippen LogP contribution in [0.2, 0.25) is 0 Å². The Hall–Kier alpha value is -0.0400. The summed E-state index contributed by atoms with van der Waals surface area (Å²) in [5.41, 5.74) is 0. The van der Waals surface area contributed by atoms with Crippen molar-refractivity contribution in [2.45, 2.75) is 84.6 Å². The van der Waals surface area contributed by atoms with Crippen LogP contribution in [0, 0.1) is 11.8 Å². The summed E-state index contributed by atoms with van der Waals surface area (Å²) in [7, 11) is 0. The second-order valence-electron chi connectivity index (χ2n) is 6.38. The van der Waals surface area contributed by atoms with E-state index in [0.29, 0.717) is 0 Å².